The molecule has 1 fully saturated rings. The van der Waals surface area contributed by atoms with Crippen LogP contribution in [0.3, 0.4) is 0 Å². The number of guanidine groups is 1. The molecule has 0 unspecified atom stereocenters. The van der Waals surface area contributed by atoms with Crippen molar-refractivity contribution in [1.82, 2.24) is 15.2 Å². The van der Waals surface area contributed by atoms with E-state index in [1.807, 2.05) is 11.8 Å². The first kappa shape index (κ1) is 23.8. The quantitative estimate of drug-likeness (QED) is 0.262. The topological polar surface area (TPSA) is 43.8 Å². The minimum absolute atomic E-state index is 0. The Kier molecular flexibility index (Phi) is 9.54. The van der Waals surface area contributed by atoms with Gasteiger partial charge in [0.15, 0.2) is 5.96 Å². The van der Waals surface area contributed by atoms with Crippen molar-refractivity contribution in [2.75, 3.05) is 44.7 Å². The van der Waals surface area contributed by atoms with Crippen molar-refractivity contribution < 1.29 is 8.78 Å². The first-order valence-electron chi connectivity index (χ1n) is 9.63. The van der Waals surface area contributed by atoms with Gasteiger partial charge in [0.2, 0.25) is 0 Å². The number of piperazine rings is 1. The van der Waals surface area contributed by atoms with Crippen LogP contribution in [0.4, 0.5) is 14.5 Å². The van der Waals surface area contributed by atoms with Gasteiger partial charge in [0.25, 0.3) is 0 Å². The van der Waals surface area contributed by atoms with Crippen molar-refractivity contribution in [3.63, 3.8) is 0 Å². The van der Waals surface area contributed by atoms with Crippen LogP contribution in [0.5, 0.6) is 0 Å². The summed E-state index contributed by atoms with van der Waals surface area (Å²) in [5.74, 6) is 0.0708. The number of anilines is 1. The summed E-state index contributed by atoms with van der Waals surface area (Å²) in [6.45, 7) is 5.57. The van der Waals surface area contributed by atoms with Crippen LogP contribution in [-0.2, 0) is 6.42 Å². The van der Waals surface area contributed by atoms with Gasteiger partial charge in [-0.1, -0.05) is 0 Å². The Morgan fingerprint density at radius 1 is 1.21 bits per heavy atom. The number of benzene rings is 1. The van der Waals surface area contributed by atoms with E-state index in [9.17, 15) is 8.78 Å². The maximum atomic E-state index is 14.0. The van der Waals surface area contributed by atoms with E-state index in [0.717, 1.165) is 43.5 Å². The summed E-state index contributed by atoms with van der Waals surface area (Å²) >= 11 is 1.72. The van der Waals surface area contributed by atoms with Gasteiger partial charge in [-0.15, -0.1) is 35.3 Å². The standard InChI is InChI=1S/C20H27F2N5S.HI/c1-15-14-28-19(25-15)5-3-4-8-24-20(23-2)27-11-9-26(10-12-27)18-13-16(21)6-7-17(18)22;/h6-7,13-14H,3-5,8-12H2,1-2H3,(H,23,24);1H. The van der Waals surface area contributed by atoms with Gasteiger partial charge in [0.05, 0.1) is 10.7 Å². The van der Waals surface area contributed by atoms with Gasteiger partial charge in [-0.25, -0.2) is 13.8 Å². The predicted octanol–water partition coefficient (Wildman–Crippen LogP) is 4.07. The molecule has 2 heterocycles. The number of halogens is 3. The van der Waals surface area contributed by atoms with Crippen molar-refractivity contribution in [1.29, 1.82) is 0 Å². The second-order valence-electron chi connectivity index (χ2n) is 6.88. The Labute approximate surface area is 192 Å². The van der Waals surface area contributed by atoms with Crippen LogP contribution in [0.2, 0.25) is 0 Å². The van der Waals surface area contributed by atoms with Crippen LogP contribution in [0, 0.1) is 18.6 Å². The SMILES string of the molecule is CN=C(NCCCCc1nc(C)cs1)N1CCN(c2cc(F)ccc2F)CC1.I. The van der Waals surface area contributed by atoms with Crippen LogP contribution in [0.1, 0.15) is 23.5 Å². The molecule has 1 N–H and O–H groups in total. The molecule has 29 heavy (non-hydrogen) atoms. The number of nitrogens with zero attached hydrogens (tertiary/aromatic N) is 4. The Morgan fingerprint density at radius 3 is 2.62 bits per heavy atom. The van der Waals surface area contributed by atoms with E-state index in [1.165, 1.54) is 17.1 Å². The Hall–Kier alpha value is -1.49. The minimum Gasteiger partial charge on any atom is -0.366 e. The first-order chi connectivity index (χ1) is 13.6. The van der Waals surface area contributed by atoms with Crippen LogP contribution in [0.25, 0.3) is 0 Å². The molecule has 1 aromatic heterocycles. The Balaban J connectivity index is 0.00000300. The molecule has 1 aromatic carbocycles. The van der Waals surface area contributed by atoms with Crippen molar-refractivity contribution in [2.24, 2.45) is 4.99 Å². The van der Waals surface area contributed by atoms with E-state index < -0.39 is 5.82 Å². The number of aromatic nitrogens is 1. The van der Waals surface area contributed by atoms with E-state index in [0.29, 0.717) is 31.9 Å². The monoisotopic (exact) mass is 535 g/mol. The first-order valence-corrected chi connectivity index (χ1v) is 10.5. The molecule has 0 radical (unpaired) electrons. The number of hydrogen-bond donors (Lipinski definition) is 1. The lowest BCUT2D eigenvalue weighted by Gasteiger charge is -2.37. The summed E-state index contributed by atoms with van der Waals surface area (Å²) in [5, 5.41) is 6.70. The second kappa shape index (κ2) is 11.6. The van der Waals surface area contributed by atoms with Gasteiger partial charge in [-0.2, -0.15) is 0 Å². The molecule has 5 nitrogen and oxygen atoms in total. The van der Waals surface area contributed by atoms with E-state index in [2.05, 4.69) is 25.6 Å². The highest BCUT2D eigenvalue weighted by Crippen LogP contribution is 2.22. The van der Waals surface area contributed by atoms with Crippen molar-refractivity contribution in [3.05, 3.63) is 45.9 Å². The molecule has 0 bridgehead atoms. The molecule has 0 amide bonds. The highest BCUT2D eigenvalue weighted by Gasteiger charge is 2.21. The maximum absolute atomic E-state index is 14.0. The Morgan fingerprint density at radius 2 is 1.97 bits per heavy atom. The summed E-state index contributed by atoms with van der Waals surface area (Å²) in [4.78, 5) is 12.9. The van der Waals surface area contributed by atoms with Gasteiger partial charge >= 0.3 is 0 Å². The Bertz CT molecular complexity index is 806. The molecule has 160 valence electrons. The molecule has 3 rings (SSSR count). The lowest BCUT2D eigenvalue weighted by molar-refractivity contribution is 0.370. The van der Waals surface area contributed by atoms with Crippen LogP contribution in [-0.4, -0.2) is 55.6 Å². The molecular weight excluding hydrogens is 507 g/mol. The fraction of sp³-hybridized carbons (Fsp3) is 0.500. The molecule has 1 aliphatic heterocycles. The third kappa shape index (κ3) is 6.77. The van der Waals surface area contributed by atoms with Gasteiger partial charge in [0, 0.05) is 56.9 Å². The smallest absolute Gasteiger partial charge is 0.193 e. The lowest BCUT2D eigenvalue weighted by Crippen LogP contribution is -2.52. The number of nitrogens with one attached hydrogen (secondary N) is 1. The van der Waals surface area contributed by atoms with E-state index >= 15 is 0 Å². The van der Waals surface area contributed by atoms with E-state index in [-0.39, 0.29) is 29.8 Å². The number of aryl methyl sites for hydroxylation is 2. The normalized spacial score (nSPS) is 14.7. The van der Waals surface area contributed by atoms with Crippen LogP contribution in [0.15, 0.2) is 28.6 Å². The third-order valence-corrected chi connectivity index (χ3v) is 5.83. The molecule has 2 aromatic rings. The van der Waals surface area contributed by atoms with Gasteiger partial charge in [-0.3, -0.25) is 4.99 Å². The van der Waals surface area contributed by atoms with Gasteiger partial charge in [0.1, 0.15) is 11.6 Å². The zero-order valence-electron chi connectivity index (χ0n) is 16.8. The minimum atomic E-state index is -0.413. The molecule has 0 aliphatic carbocycles. The number of aliphatic imine (C=N–C) groups is 1. The molecule has 1 aliphatic rings. The van der Waals surface area contributed by atoms with Crippen LogP contribution >= 0.6 is 35.3 Å². The second-order valence-corrected chi connectivity index (χ2v) is 7.83. The largest absolute Gasteiger partial charge is 0.366 e. The summed E-state index contributed by atoms with van der Waals surface area (Å²) < 4.78 is 27.4. The molecule has 0 atom stereocenters. The van der Waals surface area contributed by atoms with E-state index in [1.54, 1.807) is 18.4 Å². The highest BCUT2D eigenvalue weighted by atomic mass is 127. The van der Waals surface area contributed by atoms with Crippen molar-refractivity contribution in [3.8, 4) is 0 Å². The summed E-state index contributed by atoms with van der Waals surface area (Å²) in [7, 11) is 1.78. The average molecular weight is 535 g/mol. The molecule has 0 saturated carbocycles. The molecule has 9 heteroatoms. The number of thiazole rings is 1. The fourth-order valence-corrected chi connectivity index (χ4v) is 4.16. The van der Waals surface area contributed by atoms with Crippen LogP contribution < -0.4 is 10.2 Å². The predicted molar refractivity (Wildman–Crippen MR) is 127 cm³/mol. The summed E-state index contributed by atoms with van der Waals surface area (Å²) in [6.07, 6.45) is 3.15. The number of rotatable bonds is 6. The lowest BCUT2D eigenvalue weighted by atomic mass is 10.2. The summed E-state index contributed by atoms with van der Waals surface area (Å²) in [5.41, 5.74) is 1.43. The summed E-state index contributed by atoms with van der Waals surface area (Å²) in [6, 6.07) is 3.60. The van der Waals surface area contributed by atoms with E-state index in [4.69, 9.17) is 0 Å². The number of hydrogen-bond acceptors (Lipinski definition) is 4. The zero-order chi connectivity index (χ0) is 19.9. The van der Waals surface area contributed by atoms with Crippen molar-refractivity contribution in [2.45, 2.75) is 26.2 Å². The zero-order valence-corrected chi connectivity index (χ0v) is 20.0. The van der Waals surface area contributed by atoms with Gasteiger partial charge in [-0.05, 0) is 38.3 Å². The maximum Gasteiger partial charge on any atom is 0.193 e. The fourth-order valence-electron chi connectivity index (χ4n) is 3.34. The third-order valence-electron chi connectivity index (χ3n) is 4.81. The number of unbranched alkanes of at least 4 members (excludes halogenated alkanes) is 1. The molecule has 0 spiro atoms. The highest BCUT2D eigenvalue weighted by molar-refractivity contribution is 14.0. The van der Waals surface area contributed by atoms with Gasteiger partial charge < -0.3 is 15.1 Å². The average Bonchev–Trinajstić information content (AvgIpc) is 3.12. The van der Waals surface area contributed by atoms with Crippen molar-refractivity contribution >= 4 is 47.0 Å². The molecular formula is C20H28F2IN5S. The molecule has 1 saturated heterocycles.